The van der Waals surface area contributed by atoms with Gasteiger partial charge in [-0.2, -0.15) is 5.10 Å². The maximum atomic E-state index is 13.3. The number of carbonyl (C=O) groups excluding carboxylic acids is 2. The smallest absolute Gasteiger partial charge is 0.364 e. The van der Waals surface area contributed by atoms with Crippen LogP contribution in [0.4, 0.5) is 4.39 Å². The topological polar surface area (TPSA) is 64.4 Å². The van der Waals surface area contributed by atoms with E-state index in [0.717, 1.165) is 0 Å². The standard InChI is InChI=1S/C20H18FN3O3/c1-13-7-8-14(19(25)23(2)3)11-18(13)27-20(26)17-9-10-24(22-17)16-6-4-5-15(21)12-16/h4-12H,1-3H3. The van der Waals surface area contributed by atoms with Crippen LogP contribution in [0.25, 0.3) is 5.69 Å². The Hall–Kier alpha value is -3.48. The summed E-state index contributed by atoms with van der Waals surface area (Å²) in [4.78, 5) is 26.0. The minimum Gasteiger partial charge on any atom is -0.421 e. The summed E-state index contributed by atoms with van der Waals surface area (Å²) in [5, 5.41) is 4.13. The predicted octanol–water partition coefficient (Wildman–Crippen LogP) is 3.24. The molecule has 1 amide bonds. The number of carbonyl (C=O) groups is 2. The lowest BCUT2D eigenvalue weighted by Crippen LogP contribution is -2.21. The predicted molar refractivity (Wildman–Crippen MR) is 97.7 cm³/mol. The summed E-state index contributed by atoms with van der Waals surface area (Å²) in [6.45, 7) is 1.78. The number of aromatic nitrogens is 2. The molecular weight excluding hydrogens is 349 g/mol. The lowest BCUT2D eigenvalue weighted by Gasteiger charge is -2.12. The van der Waals surface area contributed by atoms with Gasteiger partial charge < -0.3 is 9.64 Å². The summed E-state index contributed by atoms with van der Waals surface area (Å²) >= 11 is 0. The molecule has 0 radical (unpaired) electrons. The summed E-state index contributed by atoms with van der Waals surface area (Å²) in [5.41, 5.74) is 1.69. The van der Waals surface area contributed by atoms with Gasteiger partial charge in [0.1, 0.15) is 11.6 Å². The molecular formula is C20H18FN3O3. The molecule has 0 aliphatic carbocycles. The van der Waals surface area contributed by atoms with Crippen LogP contribution in [0.15, 0.2) is 54.7 Å². The van der Waals surface area contributed by atoms with Crippen LogP contribution in [0.1, 0.15) is 26.4 Å². The monoisotopic (exact) mass is 367 g/mol. The molecule has 7 heteroatoms. The summed E-state index contributed by atoms with van der Waals surface area (Å²) in [6.07, 6.45) is 1.55. The van der Waals surface area contributed by atoms with Gasteiger partial charge in [-0.3, -0.25) is 4.79 Å². The lowest BCUT2D eigenvalue weighted by molar-refractivity contribution is 0.0723. The van der Waals surface area contributed by atoms with Crippen molar-refractivity contribution in [2.75, 3.05) is 14.1 Å². The molecule has 0 bridgehead atoms. The first-order valence-corrected chi connectivity index (χ1v) is 8.21. The van der Waals surface area contributed by atoms with E-state index in [1.807, 2.05) is 0 Å². The molecule has 0 N–H and O–H groups in total. The summed E-state index contributed by atoms with van der Waals surface area (Å²) < 4.78 is 20.1. The van der Waals surface area contributed by atoms with E-state index in [1.165, 1.54) is 33.8 Å². The molecule has 2 aromatic carbocycles. The normalized spacial score (nSPS) is 10.5. The van der Waals surface area contributed by atoms with E-state index < -0.39 is 11.8 Å². The highest BCUT2D eigenvalue weighted by molar-refractivity contribution is 5.95. The summed E-state index contributed by atoms with van der Waals surface area (Å²) in [6, 6.07) is 12.3. The van der Waals surface area contributed by atoms with Crippen molar-refractivity contribution in [3.8, 4) is 11.4 Å². The van der Waals surface area contributed by atoms with E-state index in [2.05, 4.69) is 5.10 Å². The molecule has 3 rings (SSSR count). The third kappa shape index (κ3) is 4.03. The van der Waals surface area contributed by atoms with Gasteiger partial charge in [0.05, 0.1) is 5.69 Å². The first kappa shape index (κ1) is 18.3. The van der Waals surface area contributed by atoms with Crippen molar-refractivity contribution in [1.29, 1.82) is 0 Å². The van der Waals surface area contributed by atoms with Gasteiger partial charge in [0.2, 0.25) is 0 Å². The van der Waals surface area contributed by atoms with E-state index in [0.29, 0.717) is 16.8 Å². The minimum absolute atomic E-state index is 0.0722. The third-order valence-electron chi connectivity index (χ3n) is 3.91. The van der Waals surface area contributed by atoms with Crippen LogP contribution in [0.5, 0.6) is 5.75 Å². The number of ether oxygens (including phenoxy) is 1. The summed E-state index contributed by atoms with van der Waals surface area (Å²) in [7, 11) is 3.29. The van der Waals surface area contributed by atoms with Crippen LogP contribution in [0.2, 0.25) is 0 Å². The molecule has 0 atom stereocenters. The second-order valence-corrected chi connectivity index (χ2v) is 6.19. The second-order valence-electron chi connectivity index (χ2n) is 6.19. The number of nitrogens with zero attached hydrogens (tertiary/aromatic N) is 3. The third-order valence-corrected chi connectivity index (χ3v) is 3.91. The van der Waals surface area contributed by atoms with E-state index in [1.54, 1.807) is 51.5 Å². The van der Waals surface area contributed by atoms with Crippen molar-refractivity contribution in [2.24, 2.45) is 0 Å². The van der Waals surface area contributed by atoms with E-state index >= 15 is 0 Å². The highest BCUT2D eigenvalue weighted by Crippen LogP contribution is 2.21. The van der Waals surface area contributed by atoms with Crippen molar-refractivity contribution in [2.45, 2.75) is 6.92 Å². The van der Waals surface area contributed by atoms with Crippen molar-refractivity contribution < 1.29 is 18.7 Å². The van der Waals surface area contributed by atoms with E-state index in [4.69, 9.17) is 4.74 Å². The number of aryl methyl sites for hydroxylation is 1. The molecule has 1 aromatic heterocycles. The van der Waals surface area contributed by atoms with Crippen LogP contribution in [0.3, 0.4) is 0 Å². The van der Waals surface area contributed by atoms with Gasteiger partial charge in [0.15, 0.2) is 5.69 Å². The molecule has 0 fully saturated rings. The molecule has 6 nitrogen and oxygen atoms in total. The van der Waals surface area contributed by atoms with Gasteiger partial charge in [-0.15, -0.1) is 0 Å². The Morgan fingerprint density at radius 2 is 1.89 bits per heavy atom. The van der Waals surface area contributed by atoms with Crippen LogP contribution >= 0.6 is 0 Å². The number of esters is 1. The second kappa shape index (κ2) is 7.41. The Balaban J connectivity index is 1.82. The quantitative estimate of drug-likeness (QED) is 0.525. The summed E-state index contributed by atoms with van der Waals surface area (Å²) in [5.74, 6) is -0.969. The van der Waals surface area contributed by atoms with E-state index in [-0.39, 0.29) is 17.4 Å². The van der Waals surface area contributed by atoms with Gasteiger partial charge in [-0.05, 0) is 48.9 Å². The lowest BCUT2D eigenvalue weighted by atomic mass is 10.1. The van der Waals surface area contributed by atoms with Crippen molar-refractivity contribution >= 4 is 11.9 Å². The Labute approximate surface area is 155 Å². The van der Waals surface area contributed by atoms with Gasteiger partial charge in [0.25, 0.3) is 5.91 Å². The Morgan fingerprint density at radius 3 is 2.59 bits per heavy atom. The zero-order chi connectivity index (χ0) is 19.6. The highest BCUT2D eigenvalue weighted by Gasteiger charge is 2.16. The number of hydrogen-bond acceptors (Lipinski definition) is 4. The van der Waals surface area contributed by atoms with Crippen LogP contribution in [-0.4, -0.2) is 40.7 Å². The Bertz CT molecular complexity index is 1010. The average molecular weight is 367 g/mol. The maximum Gasteiger partial charge on any atom is 0.364 e. The number of halogens is 1. The van der Waals surface area contributed by atoms with E-state index in [9.17, 15) is 14.0 Å². The Morgan fingerprint density at radius 1 is 1.11 bits per heavy atom. The molecule has 0 unspecified atom stereocenters. The fourth-order valence-electron chi connectivity index (χ4n) is 2.45. The molecule has 0 aliphatic rings. The molecule has 1 heterocycles. The van der Waals surface area contributed by atoms with Gasteiger partial charge >= 0.3 is 5.97 Å². The van der Waals surface area contributed by atoms with Crippen LogP contribution < -0.4 is 4.74 Å². The van der Waals surface area contributed by atoms with Gasteiger partial charge in [-0.25, -0.2) is 13.9 Å². The number of amides is 1. The first-order valence-electron chi connectivity index (χ1n) is 8.21. The molecule has 3 aromatic rings. The van der Waals surface area contributed by atoms with Crippen molar-refractivity contribution in [1.82, 2.24) is 14.7 Å². The van der Waals surface area contributed by atoms with Crippen molar-refractivity contribution in [3.63, 3.8) is 0 Å². The molecule has 0 spiro atoms. The fourth-order valence-corrected chi connectivity index (χ4v) is 2.45. The van der Waals surface area contributed by atoms with Crippen LogP contribution in [-0.2, 0) is 0 Å². The zero-order valence-electron chi connectivity index (χ0n) is 15.1. The number of benzene rings is 2. The Kier molecular flexibility index (Phi) is 5.03. The molecule has 0 saturated carbocycles. The average Bonchev–Trinajstić information content (AvgIpc) is 3.13. The minimum atomic E-state index is -0.664. The van der Waals surface area contributed by atoms with Gasteiger partial charge in [-0.1, -0.05) is 12.1 Å². The molecule has 138 valence electrons. The highest BCUT2D eigenvalue weighted by atomic mass is 19.1. The first-order chi connectivity index (χ1) is 12.8. The zero-order valence-corrected chi connectivity index (χ0v) is 15.1. The molecule has 0 saturated heterocycles. The SMILES string of the molecule is Cc1ccc(C(=O)N(C)C)cc1OC(=O)c1ccn(-c2cccc(F)c2)n1. The number of hydrogen-bond donors (Lipinski definition) is 0. The van der Waals surface area contributed by atoms with Crippen LogP contribution in [0, 0.1) is 12.7 Å². The molecule has 27 heavy (non-hydrogen) atoms. The van der Waals surface area contributed by atoms with Crippen molar-refractivity contribution in [3.05, 3.63) is 77.4 Å². The fraction of sp³-hybridized carbons (Fsp3) is 0.150. The maximum absolute atomic E-state index is 13.3. The molecule has 0 aliphatic heterocycles. The van der Waals surface area contributed by atoms with Gasteiger partial charge in [0, 0.05) is 25.9 Å². The number of rotatable bonds is 4. The largest absolute Gasteiger partial charge is 0.421 e.